The first-order valence-corrected chi connectivity index (χ1v) is 7.02. The third-order valence-electron chi connectivity index (χ3n) is 3.55. The summed E-state index contributed by atoms with van der Waals surface area (Å²) in [5, 5.41) is 10.7. The highest BCUT2D eigenvalue weighted by Crippen LogP contribution is 2.32. The van der Waals surface area contributed by atoms with Crippen LogP contribution in [-0.2, 0) is 0 Å². The molecule has 1 aromatic heterocycles. The highest BCUT2D eigenvalue weighted by Gasteiger charge is 2.16. The minimum Gasteiger partial charge on any atom is -0.258 e. The van der Waals surface area contributed by atoms with E-state index in [9.17, 15) is 14.5 Å². The Labute approximate surface area is 132 Å². The summed E-state index contributed by atoms with van der Waals surface area (Å²) in [6, 6.07) is 15.3. The molecule has 3 aromatic rings. The van der Waals surface area contributed by atoms with Gasteiger partial charge in [0.1, 0.15) is 0 Å². The number of benzene rings is 2. The molecule has 0 N–H and O–H groups in total. The number of nitro benzene ring substituents is 1. The molecule has 23 heavy (non-hydrogen) atoms. The number of pyridine rings is 1. The van der Waals surface area contributed by atoms with E-state index >= 15 is 0 Å². The first-order chi connectivity index (χ1) is 11.1. The second-order valence-electron chi connectivity index (χ2n) is 5.19. The molecule has 0 aliphatic carbocycles. The molecular weight excluding hydrogens is 295 g/mol. The number of hydrogen-bond acceptors (Lipinski definition) is 3. The van der Waals surface area contributed by atoms with Crippen LogP contribution in [0, 0.1) is 22.9 Å². The van der Waals surface area contributed by atoms with Crippen molar-refractivity contribution in [2.24, 2.45) is 0 Å². The summed E-state index contributed by atoms with van der Waals surface area (Å²) in [5.74, 6) is -0.855. The number of aryl methyl sites for hydroxylation is 1. The van der Waals surface area contributed by atoms with Crippen molar-refractivity contribution >= 4 is 5.69 Å². The number of nitro groups is 1. The summed E-state index contributed by atoms with van der Waals surface area (Å²) >= 11 is 0. The molecule has 2 aromatic carbocycles. The number of hydrogen-bond donors (Lipinski definition) is 0. The predicted octanol–water partition coefficient (Wildman–Crippen LogP) is 4.77. The normalized spacial score (nSPS) is 10.5. The van der Waals surface area contributed by atoms with Crippen molar-refractivity contribution in [2.75, 3.05) is 0 Å². The number of nitrogens with zero attached hydrogens (tertiary/aromatic N) is 2. The summed E-state index contributed by atoms with van der Waals surface area (Å²) < 4.78 is 13.9. The maximum absolute atomic E-state index is 13.9. The lowest BCUT2D eigenvalue weighted by atomic mass is 9.98. The molecule has 0 spiro atoms. The van der Waals surface area contributed by atoms with E-state index in [0.29, 0.717) is 11.3 Å². The highest BCUT2D eigenvalue weighted by molar-refractivity contribution is 5.81. The number of halogens is 1. The Morgan fingerprint density at radius 2 is 1.87 bits per heavy atom. The Balaban J connectivity index is 2.15. The van der Waals surface area contributed by atoms with Gasteiger partial charge >= 0.3 is 5.69 Å². The molecule has 4 nitrogen and oxygen atoms in total. The van der Waals surface area contributed by atoms with E-state index in [-0.39, 0.29) is 0 Å². The quantitative estimate of drug-likeness (QED) is 0.517. The third-order valence-corrected chi connectivity index (χ3v) is 3.55. The summed E-state index contributed by atoms with van der Waals surface area (Å²) in [4.78, 5) is 14.4. The van der Waals surface area contributed by atoms with Crippen molar-refractivity contribution in [2.45, 2.75) is 6.92 Å². The van der Waals surface area contributed by atoms with Crippen LogP contribution in [0.1, 0.15) is 5.56 Å². The van der Waals surface area contributed by atoms with Gasteiger partial charge in [0, 0.05) is 23.4 Å². The molecule has 0 radical (unpaired) electrons. The average Bonchev–Trinajstić information content (AvgIpc) is 2.54. The van der Waals surface area contributed by atoms with Crippen LogP contribution in [0.15, 0.2) is 60.8 Å². The topological polar surface area (TPSA) is 56.0 Å². The first kappa shape index (κ1) is 14.8. The van der Waals surface area contributed by atoms with Crippen LogP contribution in [0.5, 0.6) is 0 Å². The lowest BCUT2D eigenvalue weighted by Crippen LogP contribution is -1.94. The Hall–Kier alpha value is -3.08. The number of rotatable bonds is 3. The van der Waals surface area contributed by atoms with Crippen molar-refractivity contribution in [3.8, 4) is 22.4 Å². The van der Waals surface area contributed by atoms with E-state index in [2.05, 4.69) is 4.98 Å². The molecule has 114 valence electrons. The predicted molar refractivity (Wildman–Crippen MR) is 86.5 cm³/mol. The molecule has 0 aliphatic heterocycles. The van der Waals surface area contributed by atoms with Crippen LogP contribution in [0.2, 0.25) is 0 Å². The van der Waals surface area contributed by atoms with E-state index in [1.165, 1.54) is 18.2 Å². The Bertz CT molecular complexity index is 894. The van der Waals surface area contributed by atoms with Gasteiger partial charge in [0.25, 0.3) is 0 Å². The molecule has 0 fully saturated rings. The Morgan fingerprint density at radius 1 is 1.04 bits per heavy atom. The van der Waals surface area contributed by atoms with Gasteiger partial charge in [0.2, 0.25) is 5.82 Å². The van der Waals surface area contributed by atoms with E-state index < -0.39 is 16.4 Å². The Kier molecular flexibility index (Phi) is 3.85. The smallest absolute Gasteiger partial charge is 0.258 e. The Morgan fingerprint density at radius 3 is 2.57 bits per heavy atom. The largest absolute Gasteiger partial charge is 0.304 e. The van der Waals surface area contributed by atoms with Gasteiger partial charge in [-0.2, -0.15) is 4.39 Å². The summed E-state index contributed by atoms with van der Waals surface area (Å²) in [6.45, 7) is 1.98. The van der Waals surface area contributed by atoms with Gasteiger partial charge in [0.15, 0.2) is 0 Å². The zero-order valence-corrected chi connectivity index (χ0v) is 12.4. The van der Waals surface area contributed by atoms with E-state index in [0.717, 1.165) is 16.7 Å². The molecule has 0 aliphatic rings. The van der Waals surface area contributed by atoms with Gasteiger partial charge in [-0.15, -0.1) is 0 Å². The number of aromatic nitrogens is 1. The van der Waals surface area contributed by atoms with Crippen LogP contribution >= 0.6 is 0 Å². The molecule has 5 heteroatoms. The monoisotopic (exact) mass is 308 g/mol. The van der Waals surface area contributed by atoms with Crippen LogP contribution in [0.25, 0.3) is 22.4 Å². The van der Waals surface area contributed by atoms with Crippen molar-refractivity contribution in [1.29, 1.82) is 0 Å². The van der Waals surface area contributed by atoms with Gasteiger partial charge in [0.05, 0.1) is 10.6 Å². The molecule has 0 bridgehead atoms. The van der Waals surface area contributed by atoms with Gasteiger partial charge in [-0.25, -0.2) is 0 Å². The maximum atomic E-state index is 13.9. The molecule has 0 amide bonds. The third kappa shape index (κ3) is 2.94. The molecule has 0 saturated heterocycles. The highest BCUT2D eigenvalue weighted by atomic mass is 19.1. The zero-order valence-electron chi connectivity index (χ0n) is 12.4. The molecule has 0 unspecified atom stereocenters. The van der Waals surface area contributed by atoms with Gasteiger partial charge < -0.3 is 0 Å². The average molecular weight is 308 g/mol. The van der Waals surface area contributed by atoms with Crippen molar-refractivity contribution in [3.05, 3.63) is 82.3 Å². The molecule has 3 rings (SSSR count). The van der Waals surface area contributed by atoms with Crippen LogP contribution in [-0.4, -0.2) is 9.91 Å². The van der Waals surface area contributed by atoms with Crippen LogP contribution < -0.4 is 0 Å². The van der Waals surface area contributed by atoms with Gasteiger partial charge in [-0.05, 0) is 36.8 Å². The van der Waals surface area contributed by atoms with E-state index in [1.807, 2.05) is 37.3 Å². The fourth-order valence-corrected chi connectivity index (χ4v) is 2.48. The minimum absolute atomic E-state index is 0.533. The molecule has 0 atom stereocenters. The molecule has 1 heterocycles. The standard InChI is InChI=1S/C18H13FN2O2/c1-12-4-2-5-14(10-12)18-15(6-3-9-20-18)13-7-8-17(21(22)23)16(19)11-13/h2-11H,1H3. The maximum Gasteiger partial charge on any atom is 0.304 e. The van der Waals surface area contributed by atoms with Gasteiger partial charge in [-0.1, -0.05) is 29.8 Å². The summed E-state index contributed by atoms with van der Waals surface area (Å²) in [5.41, 5.74) is 3.47. The van der Waals surface area contributed by atoms with Crippen molar-refractivity contribution in [3.63, 3.8) is 0 Å². The first-order valence-electron chi connectivity index (χ1n) is 7.02. The zero-order chi connectivity index (χ0) is 16.4. The van der Waals surface area contributed by atoms with Crippen LogP contribution in [0.3, 0.4) is 0 Å². The van der Waals surface area contributed by atoms with Crippen LogP contribution in [0.4, 0.5) is 10.1 Å². The molecular formula is C18H13FN2O2. The molecule has 0 saturated carbocycles. The second kappa shape index (κ2) is 5.96. The summed E-state index contributed by atoms with van der Waals surface area (Å²) in [6.07, 6.45) is 1.67. The van der Waals surface area contributed by atoms with Crippen molar-refractivity contribution in [1.82, 2.24) is 4.98 Å². The summed E-state index contributed by atoms with van der Waals surface area (Å²) in [7, 11) is 0. The lowest BCUT2D eigenvalue weighted by molar-refractivity contribution is -0.387. The minimum atomic E-state index is -0.855. The SMILES string of the molecule is Cc1cccc(-c2ncccc2-c2ccc([N+](=O)[O-])c(F)c2)c1. The lowest BCUT2D eigenvalue weighted by Gasteiger charge is -2.09. The van der Waals surface area contributed by atoms with E-state index in [1.54, 1.807) is 12.3 Å². The fraction of sp³-hybridized carbons (Fsp3) is 0.0556. The fourth-order valence-electron chi connectivity index (χ4n) is 2.48. The second-order valence-corrected chi connectivity index (χ2v) is 5.19. The van der Waals surface area contributed by atoms with Crippen molar-refractivity contribution < 1.29 is 9.31 Å². The van der Waals surface area contributed by atoms with E-state index in [4.69, 9.17) is 0 Å². The van der Waals surface area contributed by atoms with Gasteiger partial charge in [-0.3, -0.25) is 15.1 Å².